The smallest absolute Gasteiger partial charge is 0.319 e. The van der Waals surface area contributed by atoms with Gasteiger partial charge in [-0.15, -0.1) is 0 Å². The van der Waals surface area contributed by atoms with Crippen molar-refractivity contribution in [2.75, 3.05) is 26.2 Å². The van der Waals surface area contributed by atoms with E-state index < -0.39 is 12.5 Å². The summed E-state index contributed by atoms with van der Waals surface area (Å²) in [7, 11) is 0. The summed E-state index contributed by atoms with van der Waals surface area (Å²) < 4.78 is 26.8. The lowest BCUT2D eigenvalue weighted by Crippen LogP contribution is -2.39. The Hall–Kier alpha value is -1.43. The van der Waals surface area contributed by atoms with Gasteiger partial charge >= 0.3 is 6.55 Å². The lowest BCUT2D eigenvalue weighted by Gasteiger charge is -2.32. The molecule has 1 amide bonds. The number of halogens is 2. The van der Waals surface area contributed by atoms with Crippen LogP contribution in [0.3, 0.4) is 0 Å². The van der Waals surface area contributed by atoms with E-state index in [2.05, 4.69) is 10.2 Å². The summed E-state index contributed by atoms with van der Waals surface area (Å²) in [6.45, 7) is 2.87. The zero-order chi connectivity index (χ0) is 16.4. The van der Waals surface area contributed by atoms with Crippen molar-refractivity contribution in [3.05, 3.63) is 23.5 Å². The van der Waals surface area contributed by atoms with Crippen molar-refractivity contribution in [3.8, 4) is 0 Å². The second-order valence-corrected chi connectivity index (χ2v) is 6.91. The Kier molecular flexibility index (Phi) is 4.99. The van der Waals surface area contributed by atoms with Crippen molar-refractivity contribution in [2.45, 2.75) is 39.2 Å². The van der Waals surface area contributed by atoms with Crippen molar-refractivity contribution < 1.29 is 13.6 Å². The van der Waals surface area contributed by atoms with E-state index >= 15 is 0 Å². The van der Waals surface area contributed by atoms with Crippen molar-refractivity contribution in [2.24, 2.45) is 11.8 Å². The summed E-state index contributed by atoms with van der Waals surface area (Å²) in [6.07, 6.45) is 4.89. The Labute approximate surface area is 135 Å². The van der Waals surface area contributed by atoms with Gasteiger partial charge in [-0.2, -0.15) is 8.78 Å². The van der Waals surface area contributed by atoms with E-state index in [-0.39, 0.29) is 5.69 Å². The molecule has 128 valence electrons. The Morgan fingerprint density at radius 3 is 2.52 bits per heavy atom. The lowest BCUT2D eigenvalue weighted by atomic mass is 9.96. The molecule has 0 unspecified atom stereocenters. The molecule has 23 heavy (non-hydrogen) atoms. The number of nitrogens with zero attached hydrogens (tertiary/aromatic N) is 2. The lowest BCUT2D eigenvalue weighted by molar-refractivity contribution is 0.0615. The highest BCUT2D eigenvalue weighted by Gasteiger charge is 2.27. The van der Waals surface area contributed by atoms with E-state index in [1.54, 1.807) is 13.0 Å². The zero-order valence-corrected chi connectivity index (χ0v) is 13.6. The number of hydrogen-bond donors (Lipinski definition) is 1. The summed E-state index contributed by atoms with van der Waals surface area (Å²) in [4.78, 5) is 14.7. The number of rotatable bonds is 6. The molecule has 0 radical (unpaired) electrons. The van der Waals surface area contributed by atoms with E-state index in [0.717, 1.165) is 36.4 Å². The van der Waals surface area contributed by atoms with Gasteiger partial charge in [-0.25, -0.2) is 0 Å². The first-order valence-electron chi connectivity index (χ1n) is 8.51. The maximum Gasteiger partial charge on any atom is 0.319 e. The van der Waals surface area contributed by atoms with Crippen LogP contribution in [0.2, 0.25) is 0 Å². The molecule has 1 aromatic rings. The average molecular weight is 325 g/mol. The first kappa shape index (κ1) is 16.4. The molecule has 3 rings (SSSR count). The molecule has 1 aliphatic heterocycles. The van der Waals surface area contributed by atoms with Crippen LogP contribution in [0.1, 0.15) is 48.4 Å². The molecule has 1 saturated heterocycles. The fraction of sp³-hybridized carbons (Fsp3) is 0.706. The molecule has 2 heterocycles. The maximum atomic E-state index is 13.0. The molecule has 1 aromatic heterocycles. The summed E-state index contributed by atoms with van der Waals surface area (Å²) >= 11 is 0. The topological polar surface area (TPSA) is 37.3 Å². The average Bonchev–Trinajstić information content (AvgIpc) is 3.25. The zero-order valence-electron chi connectivity index (χ0n) is 13.6. The molecule has 6 heteroatoms. The first-order chi connectivity index (χ1) is 11.0. The van der Waals surface area contributed by atoms with Crippen molar-refractivity contribution in [1.29, 1.82) is 0 Å². The third-order valence-corrected chi connectivity index (χ3v) is 5.02. The molecule has 1 N–H and O–H groups in total. The summed E-state index contributed by atoms with van der Waals surface area (Å²) in [6, 6.07) is 3.02. The van der Waals surface area contributed by atoms with Crippen molar-refractivity contribution >= 4 is 5.91 Å². The molecule has 4 nitrogen and oxygen atoms in total. The van der Waals surface area contributed by atoms with E-state index in [1.807, 2.05) is 0 Å². The highest BCUT2D eigenvalue weighted by atomic mass is 19.3. The maximum absolute atomic E-state index is 13.0. The van der Waals surface area contributed by atoms with Gasteiger partial charge in [0.1, 0.15) is 5.69 Å². The van der Waals surface area contributed by atoms with Crippen LogP contribution < -0.4 is 5.32 Å². The van der Waals surface area contributed by atoms with E-state index in [1.165, 1.54) is 25.5 Å². The van der Waals surface area contributed by atoms with Crippen LogP contribution in [0.5, 0.6) is 0 Å². The predicted molar refractivity (Wildman–Crippen MR) is 84.6 cm³/mol. The molecule has 2 fully saturated rings. The largest absolute Gasteiger partial charge is 0.350 e. The third kappa shape index (κ3) is 4.10. The normalized spacial score (nSPS) is 20.2. The van der Waals surface area contributed by atoms with Gasteiger partial charge in [-0.05, 0) is 69.7 Å². The Balaban J connectivity index is 1.46. The Bertz CT molecular complexity index is 546. The summed E-state index contributed by atoms with van der Waals surface area (Å²) in [5, 5.41) is 2.83. The van der Waals surface area contributed by atoms with E-state index in [4.69, 9.17) is 0 Å². The second kappa shape index (κ2) is 6.99. The fourth-order valence-electron chi connectivity index (χ4n) is 3.36. The van der Waals surface area contributed by atoms with Gasteiger partial charge in [0, 0.05) is 18.8 Å². The van der Waals surface area contributed by atoms with Gasteiger partial charge in [-0.3, -0.25) is 9.36 Å². The molecule has 1 aliphatic carbocycles. The van der Waals surface area contributed by atoms with E-state index in [9.17, 15) is 13.6 Å². The minimum Gasteiger partial charge on any atom is -0.350 e. The van der Waals surface area contributed by atoms with E-state index in [0.29, 0.717) is 18.2 Å². The number of carbonyl (C=O) groups excluding carboxylic acids is 1. The quantitative estimate of drug-likeness (QED) is 0.873. The van der Waals surface area contributed by atoms with Crippen molar-refractivity contribution in [1.82, 2.24) is 14.8 Å². The number of carbonyl (C=O) groups is 1. The minimum absolute atomic E-state index is 0.0451. The van der Waals surface area contributed by atoms with Gasteiger partial charge < -0.3 is 10.2 Å². The summed E-state index contributed by atoms with van der Waals surface area (Å²) in [5.41, 5.74) is 0.446. The third-order valence-electron chi connectivity index (χ3n) is 5.02. The van der Waals surface area contributed by atoms with Crippen LogP contribution in [0.4, 0.5) is 8.78 Å². The molecule has 0 bridgehead atoms. The highest BCUT2D eigenvalue weighted by Crippen LogP contribution is 2.31. The van der Waals surface area contributed by atoms with Gasteiger partial charge in [-0.1, -0.05) is 0 Å². The van der Waals surface area contributed by atoms with Crippen LogP contribution in [0, 0.1) is 18.8 Å². The molecule has 0 atom stereocenters. The minimum atomic E-state index is -2.68. The number of likely N-dealkylation sites (tertiary alicyclic amines) is 1. The second-order valence-electron chi connectivity index (χ2n) is 6.91. The number of amides is 1. The van der Waals surface area contributed by atoms with Gasteiger partial charge in [0.15, 0.2) is 0 Å². The van der Waals surface area contributed by atoms with Crippen LogP contribution >= 0.6 is 0 Å². The predicted octanol–water partition coefficient (Wildman–Crippen LogP) is 3.04. The van der Waals surface area contributed by atoms with Crippen LogP contribution in [-0.2, 0) is 0 Å². The summed E-state index contributed by atoms with van der Waals surface area (Å²) in [5.74, 6) is 0.959. The first-order valence-corrected chi connectivity index (χ1v) is 8.51. The van der Waals surface area contributed by atoms with Crippen LogP contribution in [0.25, 0.3) is 0 Å². The molecule has 1 saturated carbocycles. The molecular weight excluding hydrogens is 300 g/mol. The highest BCUT2D eigenvalue weighted by molar-refractivity contribution is 5.92. The van der Waals surface area contributed by atoms with Crippen LogP contribution in [-0.4, -0.2) is 41.6 Å². The number of nitrogens with one attached hydrogen (secondary N) is 1. The van der Waals surface area contributed by atoms with Crippen LogP contribution in [0.15, 0.2) is 12.1 Å². The number of aromatic nitrogens is 1. The Morgan fingerprint density at radius 2 is 1.91 bits per heavy atom. The van der Waals surface area contributed by atoms with Crippen molar-refractivity contribution in [3.63, 3.8) is 0 Å². The monoisotopic (exact) mass is 325 g/mol. The Morgan fingerprint density at radius 1 is 1.22 bits per heavy atom. The van der Waals surface area contributed by atoms with Gasteiger partial charge in [0.25, 0.3) is 5.91 Å². The number of hydrogen-bond acceptors (Lipinski definition) is 2. The SMILES string of the molecule is Cc1ccc(C(=O)NCC2CCN(CC3CC3)CC2)n1C(F)F. The number of alkyl halides is 2. The van der Waals surface area contributed by atoms with Gasteiger partial charge in [0.05, 0.1) is 0 Å². The molecular formula is C17H25F2N3O. The molecule has 0 aromatic carbocycles. The molecule has 2 aliphatic rings. The fourth-order valence-corrected chi connectivity index (χ4v) is 3.36. The van der Waals surface area contributed by atoms with Gasteiger partial charge in [0.2, 0.25) is 0 Å². The molecule has 0 spiro atoms. The standard InChI is InChI=1S/C17H25F2N3O/c1-12-2-5-15(22(12)17(18)19)16(23)20-10-13-6-8-21(9-7-13)11-14-3-4-14/h2,5,13-14,17H,3-4,6-11H2,1H3,(H,20,23). The number of aryl methyl sites for hydroxylation is 1. The number of piperidine rings is 1.